The van der Waals surface area contributed by atoms with Crippen LogP contribution in [0.1, 0.15) is 19.3 Å². The molecule has 0 aromatic heterocycles. The summed E-state index contributed by atoms with van der Waals surface area (Å²) in [5, 5.41) is 11.3. The van der Waals surface area contributed by atoms with Crippen LogP contribution in [0.25, 0.3) is 0 Å². The Hall–Kier alpha value is -1.73. The summed E-state index contributed by atoms with van der Waals surface area (Å²) in [7, 11) is 3.00. The standard InChI is InChI=1S/C19H19F23N2O/c1-44(2)7-3-6-43-8(45)4-5-9(20,21)11(23,24)13(27,28)15(31,32)17(35,36)16(33,34)14(29,30)12(25,26)10(22,18(37,38)39)19(40,41)42/h8,43,45H,3-7H2,1-2H3. The third-order valence-corrected chi connectivity index (χ3v) is 5.93. The Bertz CT molecular complexity index is 972. The maximum Gasteiger partial charge on any atom is 0.438 e. The monoisotopic (exact) mass is 728 g/mol. The van der Waals surface area contributed by atoms with E-state index < -0.39 is 84.5 Å². The fourth-order valence-electron chi connectivity index (χ4n) is 3.19. The molecule has 1 unspecified atom stereocenters. The van der Waals surface area contributed by atoms with E-state index >= 15 is 0 Å². The number of rotatable bonds is 16. The van der Waals surface area contributed by atoms with Crippen LogP contribution in [0, 0.1) is 0 Å². The highest BCUT2D eigenvalue weighted by atomic mass is 19.4. The minimum Gasteiger partial charge on any atom is -0.379 e. The molecule has 0 aliphatic carbocycles. The Balaban J connectivity index is 6.75. The average molecular weight is 728 g/mol. The van der Waals surface area contributed by atoms with Gasteiger partial charge < -0.3 is 10.0 Å². The highest BCUT2D eigenvalue weighted by Gasteiger charge is 2.99. The summed E-state index contributed by atoms with van der Waals surface area (Å²) in [6.45, 7) is -0.115. The largest absolute Gasteiger partial charge is 0.438 e. The van der Waals surface area contributed by atoms with Gasteiger partial charge in [-0.2, -0.15) is 96.6 Å². The molecular formula is C19H19F23N2O. The Kier molecular flexibility index (Phi) is 11.9. The zero-order valence-corrected chi connectivity index (χ0v) is 21.7. The van der Waals surface area contributed by atoms with Gasteiger partial charge in [0.15, 0.2) is 0 Å². The number of hydrogen-bond acceptors (Lipinski definition) is 3. The van der Waals surface area contributed by atoms with Crippen molar-refractivity contribution in [2.75, 3.05) is 27.2 Å². The molecule has 26 heteroatoms. The smallest absolute Gasteiger partial charge is 0.379 e. The van der Waals surface area contributed by atoms with E-state index in [4.69, 9.17) is 0 Å². The molecule has 0 radical (unpaired) electrons. The van der Waals surface area contributed by atoms with Crippen LogP contribution in [0.2, 0.25) is 0 Å². The molecule has 272 valence electrons. The lowest BCUT2D eigenvalue weighted by Crippen LogP contribution is -2.79. The zero-order chi connectivity index (χ0) is 36.9. The van der Waals surface area contributed by atoms with Gasteiger partial charge in [-0.05, 0) is 40.0 Å². The Labute approximate surface area is 235 Å². The Morgan fingerprint density at radius 2 is 0.822 bits per heavy atom. The van der Waals surface area contributed by atoms with Gasteiger partial charge in [0.1, 0.15) is 6.23 Å². The van der Waals surface area contributed by atoms with E-state index in [1.807, 2.05) is 5.32 Å². The third kappa shape index (κ3) is 6.68. The molecule has 1 atom stereocenters. The van der Waals surface area contributed by atoms with Crippen LogP contribution in [0.3, 0.4) is 0 Å². The lowest BCUT2D eigenvalue weighted by molar-refractivity contribution is -0.481. The summed E-state index contributed by atoms with van der Waals surface area (Å²) in [5.41, 5.74) is -9.04. The molecule has 3 nitrogen and oxygen atoms in total. The quantitative estimate of drug-likeness (QED) is 0.0981. The van der Waals surface area contributed by atoms with Crippen molar-refractivity contribution < 1.29 is 106 Å². The Morgan fingerprint density at radius 1 is 0.511 bits per heavy atom. The van der Waals surface area contributed by atoms with Crippen molar-refractivity contribution in [1.29, 1.82) is 0 Å². The number of alkyl halides is 23. The number of nitrogens with zero attached hydrogens (tertiary/aromatic N) is 1. The van der Waals surface area contributed by atoms with E-state index in [9.17, 15) is 106 Å². The van der Waals surface area contributed by atoms with Crippen molar-refractivity contribution in [3.63, 3.8) is 0 Å². The molecule has 0 aliphatic heterocycles. The first kappa shape index (κ1) is 43.3. The highest BCUT2D eigenvalue weighted by molar-refractivity contribution is 5.20. The SMILES string of the molecule is CN(C)CCCNC(O)CCC(F)(F)C(F)(F)C(F)(F)C(F)(F)C(F)(F)C(F)(F)C(F)(F)C(F)(F)C(F)(C(F)(F)F)C(F)(F)F. The molecule has 0 saturated carbocycles. The van der Waals surface area contributed by atoms with Crippen molar-refractivity contribution in [3.8, 4) is 0 Å². The lowest BCUT2D eigenvalue weighted by atomic mass is 9.82. The van der Waals surface area contributed by atoms with Gasteiger partial charge in [-0.25, -0.2) is 4.39 Å². The van der Waals surface area contributed by atoms with Crippen molar-refractivity contribution in [1.82, 2.24) is 10.2 Å². The highest BCUT2D eigenvalue weighted by Crippen LogP contribution is 2.67. The summed E-state index contributed by atoms with van der Waals surface area (Å²) in [6, 6.07) is 0. The van der Waals surface area contributed by atoms with Crippen LogP contribution < -0.4 is 5.32 Å². The predicted octanol–water partition coefficient (Wildman–Crippen LogP) is 7.54. The zero-order valence-electron chi connectivity index (χ0n) is 21.7. The van der Waals surface area contributed by atoms with Gasteiger partial charge in [-0.15, -0.1) is 0 Å². The summed E-state index contributed by atoms with van der Waals surface area (Å²) < 4.78 is 309. The maximum absolute atomic E-state index is 13.9. The molecule has 0 fully saturated rings. The predicted molar refractivity (Wildman–Crippen MR) is 102 cm³/mol. The first-order valence-corrected chi connectivity index (χ1v) is 11.2. The van der Waals surface area contributed by atoms with E-state index in [2.05, 4.69) is 0 Å². The van der Waals surface area contributed by atoms with Crippen molar-refractivity contribution in [3.05, 3.63) is 0 Å². The molecule has 0 saturated heterocycles. The van der Waals surface area contributed by atoms with E-state index in [1.54, 1.807) is 0 Å². The van der Waals surface area contributed by atoms with E-state index in [-0.39, 0.29) is 19.5 Å². The van der Waals surface area contributed by atoms with Crippen LogP contribution >= 0.6 is 0 Å². The molecule has 0 heterocycles. The first-order valence-electron chi connectivity index (χ1n) is 11.2. The number of hydrogen-bond donors (Lipinski definition) is 2. The van der Waals surface area contributed by atoms with Gasteiger partial charge in [0.2, 0.25) is 0 Å². The van der Waals surface area contributed by atoms with Gasteiger partial charge in [0.05, 0.1) is 0 Å². The first-order chi connectivity index (χ1) is 19.3. The second kappa shape index (κ2) is 12.4. The van der Waals surface area contributed by atoms with E-state index in [0.717, 1.165) is 0 Å². The fraction of sp³-hybridized carbons (Fsp3) is 1.00. The third-order valence-electron chi connectivity index (χ3n) is 5.93. The number of aliphatic hydroxyl groups excluding tert-OH is 1. The van der Waals surface area contributed by atoms with E-state index in [0.29, 0.717) is 0 Å². The molecule has 0 bridgehead atoms. The minimum absolute atomic E-state index is 0.0728. The lowest BCUT2D eigenvalue weighted by Gasteiger charge is -2.46. The molecule has 2 N–H and O–H groups in total. The topological polar surface area (TPSA) is 35.5 Å². The Morgan fingerprint density at radius 3 is 1.13 bits per heavy atom. The van der Waals surface area contributed by atoms with Gasteiger partial charge in [-0.3, -0.25) is 5.32 Å². The van der Waals surface area contributed by atoms with Crippen LogP contribution in [0.15, 0.2) is 0 Å². The molecule has 0 amide bonds. The van der Waals surface area contributed by atoms with Crippen LogP contribution in [0.5, 0.6) is 0 Å². The van der Waals surface area contributed by atoms with Crippen molar-refractivity contribution in [2.45, 2.75) is 90.9 Å². The van der Waals surface area contributed by atoms with Gasteiger partial charge in [0.25, 0.3) is 0 Å². The molecule has 45 heavy (non-hydrogen) atoms. The molecule has 0 spiro atoms. The van der Waals surface area contributed by atoms with Gasteiger partial charge in [0, 0.05) is 6.42 Å². The molecule has 0 rings (SSSR count). The molecular weight excluding hydrogens is 709 g/mol. The number of nitrogens with one attached hydrogen (secondary N) is 1. The van der Waals surface area contributed by atoms with Crippen LogP contribution in [0.4, 0.5) is 101 Å². The van der Waals surface area contributed by atoms with Crippen molar-refractivity contribution >= 4 is 0 Å². The second-order valence-corrected chi connectivity index (χ2v) is 9.54. The molecule has 0 aromatic rings. The minimum atomic E-state index is -9.48. The normalized spacial score (nSPS) is 16.9. The van der Waals surface area contributed by atoms with Crippen molar-refractivity contribution in [2.24, 2.45) is 0 Å². The number of halogens is 23. The van der Waals surface area contributed by atoms with Crippen LogP contribution in [-0.4, -0.2) is 109 Å². The van der Waals surface area contributed by atoms with Gasteiger partial charge in [-0.1, -0.05) is 0 Å². The van der Waals surface area contributed by atoms with Gasteiger partial charge >= 0.3 is 65.4 Å². The second-order valence-electron chi connectivity index (χ2n) is 9.54. The van der Waals surface area contributed by atoms with E-state index in [1.165, 1.54) is 19.0 Å². The summed E-state index contributed by atoms with van der Waals surface area (Å²) in [5.74, 6) is -70.6. The summed E-state index contributed by atoms with van der Waals surface area (Å²) >= 11 is 0. The van der Waals surface area contributed by atoms with Crippen LogP contribution in [-0.2, 0) is 0 Å². The molecule has 0 aromatic carbocycles. The number of aliphatic hydroxyl groups is 1. The summed E-state index contributed by atoms with van der Waals surface area (Å²) in [6.07, 6.45) is -24.1. The fourth-order valence-corrected chi connectivity index (χ4v) is 3.19. The average Bonchev–Trinajstić information content (AvgIpc) is 2.82. The maximum atomic E-state index is 13.9. The molecule has 0 aliphatic rings. The summed E-state index contributed by atoms with van der Waals surface area (Å²) in [4.78, 5) is 1.50.